The van der Waals surface area contributed by atoms with E-state index in [0.29, 0.717) is 0 Å². The van der Waals surface area contributed by atoms with Crippen molar-refractivity contribution in [1.82, 2.24) is 16.0 Å². The van der Waals surface area contributed by atoms with E-state index in [1.54, 1.807) is 13.8 Å². The Kier molecular flexibility index (Phi) is 9.07. The van der Waals surface area contributed by atoms with Crippen molar-refractivity contribution in [2.75, 3.05) is 0 Å². The molecule has 0 aliphatic carbocycles. The van der Waals surface area contributed by atoms with E-state index in [2.05, 4.69) is 16.0 Å². The summed E-state index contributed by atoms with van der Waals surface area (Å²) in [5.41, 5.74) is 5.46. The third-order valence-electron chi connectivity index (χ3n) is 3.45. The standard InChI is InChI=1S/C15H28N4O6/c1-6(2)10(18-12(21)7(3)16)13(22)19-11(9(5)20)14(23)17-8(4)15(24)25/h6-11,20H,16H2,1-5H3,(H,17,23)(H,18,21)(H,19,22)(H,24,25). The molecule has 0 spiro atoms. The summed E-state index contributed by atoms with van der Waals surface area (Å²) in [5.74, 6) is -3.63. The molecule has 0 rings (SSSR count). The molecular weight excluding hydrogens is 332 g/mol. The van der Waals surface area contributed by atoms with Gasteiger partial charge in [0.15, 0.2) is 0 Å². The first-order chi connectivity index (χ1) is 11.4. The van der Waals surface area contributed by atoms with Crippen molar-refractivity contribution in [3.8, 4) is 0 Å². The Morgan fingerprint density at radius 2 is 1.24 bits per heavy atom. The van der Waals surface area contributed by atoms with Gasteiger partial charge in [0.05, 0.1) is 12.1 Å². The molecule has 5 atom stereocenters. The van der Waals surface area contributed by atoms with Gasteiger partial charge in [-0.1, -0.05) is 13.8 Å². The summed E-state index contributed by atoms with van der Waals surface area (Å²) >= 11 is 0. The average molecular weight is 360 g/mol. The monoisotopic (exact) mass is 360 g/mol. The fraction of sp³-hybridized carbons (Fsp3) is 0.733. The van der Waals surface area contributed by atoms with E-state index < -0.39 is 54.0 Å². The first-order valence-electron chi connectivity index (χ1n) is 7.96. The molecule has 0 aromatic rings. The second kappa shape index (κ2) is 9.94. The minimum absolute atomic E-state index is 0.307. The third-order valence-corrected chi connectivity index (χ3v) is 3.45. The highest BCUT2D eigenvalue weighted by atomic mass is 16.4. The number of amides is 3. The molecule has 0 heterocycles. The lowest BCUT2D eigenvalue weighted by molar-refractivity contribution is -0.142. The van der Waals surface area contributed by atoms with E-state index in [1.165, 1.54) is 20.8 Å². The number of carboxylic acid groups (broad SMARTS) is 1. The highest BCUT2D eigenvalue weighted by Gasteiger charge is 2.32. The van der Waals surface area contributed by atoms with Gasteiger partial charge in [-0.2, -0.15) is 0 Å². The van der Waals surface area contributed by atoms with Crippen LogP contribution in [0, 0.1) is 5.92 Å². The van der Waals surface area contributed by atoms with Gasteiger partial charge in [-0.3, -0.25) is 19.2 Å². The van der Waals surface area contributed by atoms with Crippen LogP contribution in [0.5, 0.6) is 0 Å². The van der Waals surface area contributed by atoms with Crippen LogP contribution in [0.25, 0.3) is 0 Å². The summed E-state index contributed by atoms with van der Waals surface area (Å²) in [5, 5.41) is 25.5. The Labute approximate surface area is 146 Å². The molecule has 5 unspecified atom stereocenters. The Hall–Kier alpha value is -2.20. The van der Waals surface area contributed by atoms with Crippen LogP contribution in [-0.2, 0) is 19.2 Å². The Morgan fingerprint density at radius 3 is 1.60 bits per heavy atom. The van der Waals surface area contributed by atoms with Crippen LogP contribution in [0.2, 0.25) is 0 Å². The molecule has 10 nitrogen and oxygen atoms in total. The Morgan fingerprint density at radius 1 is 0.800 bits per heavy atom. The number of carbonyl (C=O) groups is 4. The molecule has 3 amide bonds. The second-order valence-electron chi connectivity index (χ2n) is 6.31. The first kappa shape index (κ1) is 22.8. The number of hydrogen-bond acceptors (Lipinski definition) is 6. The normalized spacial score (nSPS) is 17.0. The largest absolute Gasteiger partial charge is 0.480 e. The highest BCUT2D eigenvalue weighted by molar-refractivity contribution is 5.94. The van der Waals surface area contributed by atoms with Gasteiger partial charge in [0.2, 0.25) is 17.7 Å². The van der Waals surface area contributed by atoms with Crippen molar-refractivity contribution < 1.29 is 29.4 Å². The van der Waals surface area contributed by atoms with Crippen LogP contribution in [0.15, 0.2) is 0 Å². The van der Waals surface area contributed by atoms with Gasteiger partial charge in [-0.25, -0.2) is 0 Å². The Bertz CT molecular complexity index is 506. The van der Waals surface area contributed by atoms with E-state index in [-0.39, 0.29) is 5.92 Å². The van der Waals surface area contributed by atoms with Crippen molar-refractivity contribution in [3.63, 3.8) is 0 Å². The zero-order valence-corrected chi connectivity index (χ0v) is 15.1. The molecule has 0 saturated carbocycles. The number of hydrogen-bond donors (Lipinski definition) is 6. The molecule has 0 bridgehead atoms. The molecule has 0 fully saturated rings. The van der Waals surface area contributed by atoms with Gasteiger partial charge < -0.3 is 31.9 Å². The maximum absolute atomic E-state index is 12.4. The fourth-order valence-electron chi connectivity index (χ4n) is 1.83. The third kappa shape index (κ3) is 7.48. The number of aliphatic hydroxyl groups is 1. The highest BCUT2D eigenvalue weighted by Crippen LogP contribution is 2.04. The molecule has 0 aromatic carbocycles. The average Bonchev–Trinajstić information content (AvgIpc) is 2.48. The van der Waals surface area contributed by atoms with Gasteiger partial charge in [0.25, 0.3) is 0 Å². The molecular formula is C15H28N4O6. The van der Waals surface area contributed by atoms with E-state index in [1.807, 2.05) is 0 Å². The van der Waals surface area contributed by atoms with Crippen LogP contribution in [-0.4, -0.2) is 64.2 Å². The van der Waals surface area contributed by atoms with Crippen LogP contribution >= 0.6 is 0 Å². The SMILES string of the molecule is CC(N)C(=O)NC(C(=O)NC(C(=O)NC(C)C(=O)O)C(C)O)C(C)C. The van der Waals surface area contributed by atoms with E-state index in [4.69, 9.17) is 10.8 Å². The number of aliphatic carboxylic acids is 1. The summed E-state index contributed by atoms with van der Waals surface area (Å²) in [4.78, 5) is 47.0. The molecule has 7 N–H and O–H groups in total. The zero-order chi connectivity index (χ0) is 19.9. The molecule has 0 aliphatic heterocycles. The summed E-state index contributed by atoms with van der Waals surface area (Å²) in [6, 6.07) is -4.35. The quantitative estimate of drug-likeness (QED) is 0.274. The van der Waals surface area contributed by atoms with E-state index in [0.717, 1.165) is 0 Å². The minimum Gasteiger partial charge on any atom is -0.480 e. The summed E-state index contributed by atoms with van der Waals surface area (Å²) in [7, 11) is 0. The van der Waals surface area contributed by atoms with Gasteiger partial charge in [0.1, 0.15) is 18.1 Å². The molecule has 0 aliphatic rings. The number of nitrogens with two attached hydrogens (primary N) is 1. The van der Waals surface area contributed by atoms with Crippen LogP contribution in [0.3, 0.4) is 0 Å². The fourth-order valence-corrected chi connectivity index (χ4v) is 1.83. The summed E-state index contributed by atoms with van der Waals surface area (Å²) in [6.45, 7) is 7.37. The lowest BCUT2D eigenvalue weighted by Crippen LogP contribution is -2.60. The Balaban J connectivity index is 5.14. The van der Waals surface area contributed by atoms with Gasteiger partial charge in [-0.15, -0.1) is 0 Å². The van der Waals surface area contributed by atoms with Crippen molar-refractivity contribution in [2.24, 2.45) is 11.7 Å². The van der Waals surface area contributed by atoms with Crippen LogP contribution in [0.4, 0.5) is 0 Å². The minimum atomic E-state index is -1.37. The van der Waals surface area contributed by atoms with Crippen molar-refractivity contribution in [2.45, 2.75) is 64.9 Å². The van der Waals surface area contributed by atoms with Crippen LogP contribution in [0.1, 0.15) is 34.6 Å². The lowest BCUT2D eigenvalue weighted by atomic mass is 10.0. The summed E-state index contributed by atoms with van der Waals surface area (Å²) < 4.78 is 0. The van der Waals surface area contributed by atoms with Gasteiger partial charge >= 0.3 is 5.97 Å². The number of rotatable bonds is 9. The van der Waals surface area contributed by atoms with Gasteiger partial charge in [-0.05, 0) is 26.7 Å². The predicted molar refractivity (Wildman–Crippen MR) is 89.3 cm³/mol. The second-order valence-corrected chi connectivity index (χ2v) is 6.31. The van der Waals surface area contributed by atoms with Crippen molar-refractivity contribution >= 4 is 23.7 Å². The molecule has 0 saturated heterocycles. The van der Waals surface area contributed by atoms with E-state index in [9.17, 15) is 24.3 Å². The molecule has 10 heteroatoms. The smallest absolute Gasteiger partial charge is 0.325 e. The summed E-state index contributed by atoms with van der Waals surface area (Å²) in [6.07, 6.45) is -1.28. The van der Waals surface area contributed by atoms with Crippen LogP contribution < -0.4 is 21.7 Å². The topological polar surface area (TPSA) is 171 Å². The number of carbonyl (C=O) groups excluding carboxylic acids is 3. The van der Waals surface area contributed by atoms with Crippen molar-refractivity contribution in [1.29, 1.82) is 0 Å². The van der Waals surface area contributed by atoms with Crippen molar-refractivity contribution in [3.05, 3.63) is 0 Å². The molecule has 0 radical (unpaired) electrons. The number of aliphatic hydroxyl groups excluding tert-OH is 1. The molecule has 144 valence electrons. The predicted octanol–water partition coefficient (Wildman–Crippen LogP) is -2.07. The maximum Gasteiger partial charge on any atom is 0.325 e. The molecule has 0 aromatic heterocycles. The van der Waals surface area contributed by atoms with Gasteiger partial charge in [0, 0.05) is 0 Å². The first-order valence-corrected chi connectivity index (χ1v) is 7.96. The molecule has 25 heavy (non-hydrogen) atoms. The lowest BCUT2D eigenvalue weighted by Gasteiger charge is -2.27. The van der Waals surface area contributed by atoms with E-state index >= 15 is 0 Å². The maximum atomic E-state index is 12.4. The number of nitrogens with one attached hydrogen (secondary N) is 3. The zero-order valence-electron chi connectivity index (χ0n) is 15.1. The number of carboxylic acids is 1.